The molecule has 2 heterocycles. The Morgan fingerprint density at radius 1 is 1.46 bits per heavy atom. The summed E-state index contributed by atoms with van der Waals surface area (Å²) in [4.78, 5) is 4.36. The van der Waals surface area contributed by atoms with Gasteiger partial charge in [0.15, 0.2) is 5.06 Å². The van der Waals surface area contributed by atoms with Crippen LogP contribution in [0.4, 0.5) is 0 Å². The van der Waals surface area contributed by atoms with Crippen LogP contribution in [0.5, 0.6) is 5.06 Å². The summed E-state index contributed by atoms with van der Waals surface area (Å²) in [5.41, 5.74) is 3.10. The zero-order valence-electron chi connectivity index (χ0n) is 7.32. The second-order valence-corrected chi connectivity index (χ2v) is 4.51. The van der Waals surface area contributed by atoms with Crippen molar-refractivity contribution in [3.8, 4) is 5.06 Å². The first-order valence-electron chi connectivity index (χ1n) is 4.74. The van der Waals surface area contributed by atoms with Gasteiger partial charge in [0.05, 0.1) is 11.2 Å². The summed E-state index contributed by atoms with van der Waals surface area (Å²) in [6.45, 7) is 1.98. The third-order valence-corrected chi connectivity index (χ3v) is 3.27. The van der Waals surface area contributed by atoms with Gasteiger partial charge in [0, 0.05) is 19.0 Å². The van der Waals surface area contributed by atoms with Gasteiger partial charge in [0.25, 0.3) is 0 Å². The number of ether oxygens (including phenoxy) is 1. The second kappa shape index (κ2) is 2.96. The van der Waals surface area contributed by atoms with E-state index in [1.165, 1.54) is 18.5 Å². The standard InChI is InChI=1S/C9H12N2OS/c1-2-6(1)8-9(13-5-11-8)12-7-3-10-4-7/h5-7,10H,1-4H2. The monoisotopic (exact) mass is 196 g/mol. The van der Waals surface area contributed by atoms with Crippen LogP contribution in [0.3, 0.4) is 0 Å². The molecule has 0 bridgehead atoms. The Labute approximate surface area is 81.1 Å². The van der Waals surface area contributed by atoms with Crippen LogP contribution in [0, 0.1) is 0 Å². The van der Waals surface area contributed by atoms with Gasteiger partial charge in [-0.05, 0) is 12.8 Å². The van der Waals surface area contributed by atoms with Crippen molar-refractivity contribution in [3.05, 3.63) is 11.2 Å². The maximum atomic E-state index is 5.82. The molecule has 0 aromatic carbocycles. The minimum absolute atomic E-state index is 0.387. The Morgan fingerprint density at radius 3 is 2.92 bits per heavy atom. The molecular formula is C9H12N2OS. The molecule has 13 heavy (non-hydrogen) atoms. The van der Waals surface area contributed by atoms with Crippen LogP contribution in [0.25, 0.3) is 0 Å². The smallest absolute Gasteiger partial charge is 0.197 e. The van der Waals surface area contributed by atoms with E-state index in [4.69, 9.17) is 4.74 Å². The van der Waals surface area contributed by atoms with Crippen molar-refractivity contribution in [3.63, 3.8) is 0 Å². The van der Waals surface area contributed by atoms with Gasteiger partial charge in [-0.1, -0.05) is 11.3 Å². The number of rotatable bonds is 3. The van der Waals surface area contributed by atoms with E-state index < -0.39 is 0 Å². The predicted molar refractivity (Wildman–Crippen MR) is 51.4 cm³/mol. The van der Waals surface area contributed by atoms with E-state index in [0.29, 0.717) is 12.0 Å². The molecule has 0 unspecified atom stereocenters. The van der Waals surface area contributed by atoms with E-state index in [1.54, 1.807) is 11.3 Å². The minimum Gasteiger partial charge on any atom is -0.476 e. The molecule has 1 aromatic rings. The van der Waals surface area contributed by atoms with Crippen LogP contribution in [0.1, 0.15) is 24.5 Å². The van der Waals surface area contributed by atoms with E-state index in [0.717, 1.165) is 18.2 Å². The number of hydrogen-bond acceptors (Lipinski definition) is 4. The van der Waals surface area contributed by atoms with E-state index in [9.17, 15) is 0 Å². The van der Waals surface area contributed by atoms with Crippen molar-refractivity contribution in [2.75, 3.05) is 13.1 Å². The van der Waals surface area contributed by atoms with Crippen molar-refractivity contribution >= 4 is 11.3 Å². The van der Waals surface area contributed by atoms with Gasteiger partial charge in [-0.2, -0.15) is 0 Å². The summed E-state index contributed by atoms with van der Waals surface area (Å²) in [5.74, 6) is 0.703. The predicted octanol–water partition coefficient (Wildman–Crippen LogP) is 1.37. The Bertz CT molecular complexity index is 304. The molecule has 1 aromatic heterocycles. The molecule has 1 aliphatic heterocycles. The molecule has 4 heteroatoms. The van der Waals surface area contributed by atoms with Crippen molar-refractivity contribution < 1.29 is 4.74 Å². The normalized spacial score (nSPS) is 22.8. The SMILES string of the molecule is c1nc(C2CC2)c(OC2CNC2)s1. The first kappa shape index (κ1) is 7.76. The van der Waals surface area contributed by atoms with Crippen molar-refractivity contribution in [2.24, 2.45) is 0 Å². The van der Waals surface area contributed by atoms with Crippen LogP contribution in [0.15, 0.2) is 5.51 Å². The average Bonchev–Trinajstić information content (AvgIpc) is 2.79. The van der Waals surface area contributed by atoms with Gasteiger partial charge in [0.2, 0.25) is 0 Å². The summed E-state index contributed by atoms with van der Waals surface area (Å²) < 4.78 is 5.82. The zero-order chi connectivity index (χ0) is 8.67. The lowest BCUT2D eigenvalue weighted by atomic mass is 10.2. The highest BCUT2D eigenvalue weighted by molar-refractivity contribution is 7.11. The summed E-state index contributed by atoms with van der Waals surface area (Å²) in [6.07, 6.45) is 2.98. The lowest BCUT2D eigenvalue weighted by molar-refractivity contribution is 0.145. The van der Waals surface area contributed by atoms with Gasteiger partial charge < -0.3 is 10.1 Å². The van der Waals surface area contributed by atoms with Crippen LogP contribution >= 0.6 is 11.3 Å². The summed E-state index contributed by atoms with van der Waals surface area (Å²) in [6, 6.07) is 0. The summed E-state index contributed by atoms with van der Waals surface area (Å²) in [5, 5.41) is 4.26. The Balaban J connectivity index is 1.74. The fourth-order valence-corrected chi connectivity index (χ4v) is 2.25. The first-order valence-corrected chi connectivity index (χ1v) is 5.62. The molecular weight excluding hydrogens is 184 g/mol. The quantitative estimate of drug-likeness (QED) is 0.793. The lowest BCUT2D eigenvalue weighted by Gasteiger charge is -2.27. The number of thiazole rings is 1. The fraction of sp³-hybridized carbons (Fsp3) is 0.667. The maximum absolute atomic E-state index is 5.82. The Kier molecular flexibility index (Phi) is 1.77. The highest BCUT2D eigenvalue weighted by Gasteiger charge is 2.30. The van der Waals surface area contributed by atoms with Gasteiger partial charge in [-0.25, -0.2) is 4.98 Å². The fourth-order valence-electron chi connectivity index (χ4n) is 1.46. The lowest BCUT2D eigenvalue weighted by Crippen LogP contribution is -2.50. The summed E-state index contributed by atoms with van der Waals surface area (Å²) >= 11 is 1.63. The average molecular weight is 196 g/mol. The van der Waals surface area contributed by atoms with Crippen molar-refractivity contribution in [2.45, 2.75) is 24.9 Å². The second-order valence-electron chi connectivity index (χ2n) is 3.70. The summed E-state index contributed by atoms with van der Waals surface area (Å²) in [7, 11) is 0. The molecule has 0 amide bonds. The first-order chi connectivity index (χ1) is 6.43. The minimum atomic E-state index is 0.387. The molecule has 1 aliphatic carbocycles. The molecule has 2 fully saturated rings. The van der Waals surface area contributed by atoms with Gasteiger partial charge in [-0.3, -0.25) is 0 Å². The van der Waals surface area contributed by atoms with Crippen LogP contribution in [0.2, 0.25) is 0 Å². The van der Waals surface area contributed by atoms with Crippen LogP contribution in [-0.4, -0.2) is 24.2 Å². The molecule has 0 atom stereocenters. The molecule has 1 saturated carbocycles. The topological polar surface area (TPSA) is 34.1 Å². The Hall–Kier alpha value is -0.610. The number of hydrogen-bond donors (Lipinski definition) is 1. The molecule has 0 radical (unpaired) electrons. The number of nitrogens with zero attached hydrogens (tertiary/aromatic N) is 1. The highest BCUT2D eigenvalue weighted by Crippen LogP contribution is 2.45. The van der Waals surface area contributed by atoms with Crippen molar-refractivity contribution in [1.82, 2.24) is 10.3 Å². The van der Waals surface area contributed by atoms with Crippen LogP contribution in [-0.2, 0) is 0 Å². The molecule has 70 valence electrons. The highest BCUT2D eigenvalue weighted by atomic mass is 32.1. The molecule has 3 nitrogen and oxygen atoms in total. The van der Waals surface area contributed by atoms with E-state index in [1.807, 2.05) is 5.51 Å². The van der Waals surface area contributed by atoms with E-state index >= 15 is 0 Å². The number of nitrogens with one attached hydrogen (secondary N) is 1. The molecule has 2 aliphatic rings. The molecule has 1 saturated heterocycles. The van der Waals surface area contributed by atoms with Gasteiger partial charge in [0.1, 0.15) is 6.10 Å². The van der Waals surface area contributed by atoms with E-state index in [-0.39, 0.29) is 0 Å². The van der Waals surface area contributed by atoms with E-state index in [2.05, 4.69) is 10.3 Å². The largest absolute Gasteiger partial charge is 0.476 e. The van der Waals surface area contributed by atoms with Gasteiger partial charge >= 0.3 is 0 Å². The third-order valence-electron chi connectivity index (χ3n) is 2.54. The molecule has 3 rings (SSSR count). The Morgan fingerprint density at radius 2 is 2.31 bits per heavy atom. The third kappa shape index (κ3) is 1.44. The van der Waals surface area contributed by atoms with Crippen LogP contribution < -0.4 is 10.1 Å². The zero-order valence-corrected chi connectivity index (χ0v) is 8.14. The van der Waals surface area contributed by atoms with Crippen molar-refractivity contribution in [1.29, 1.82) is 0 Å². The van der Waals surface area contributed by atoms with Gasteiger partial charge in [-0.15, -0.1) is 0 Å². The molecule has 1 N–H and O–H groups in total. The molecule has 0 spiro atoms. The number of aromatic nitrogens is 1. The maximum Gasteiger partial charge on any atom is 0.197 e.